The Morgan fingerprint density at radius 1 is 0.944 bits per heavy atom. The van der Waals surface area contributed by atoms with Crippen molar-refractivity contribution in [3.05, 3.63) is 64.7 Å². The van der Waals surface area contributed by atoms with Crippen molar-refractivity contribution >= 4 is 17.5 Å². The van der Waals surface area contributed by atoms with E-state index in [0.717, 1.165) is 29.5 Å². The highest BCUT2D eigenvalue weighted by molar-refractivity contribution is 6.07. The van der Waals surface area contributed by atoms with Crippen LogP contribution < -0.4 is 4.74 Å². The standard InChI is InChI=1S/C30H36N2O4/c1-20(2)23-12-14-31(15-13-23)17-21-6-8-22(9-7-21)19-36-29-5-3-4-25-26(29)18-32(30(25)35)27-11-10-24(33)16-28(27)34/h3-9,20,23,27H,10-19H2,1-2H3. The lowest BCUT2D eigenvalue weighted by atomic mass is 9.86. The Morgan fingerprint density at radius 2 is 1.67 bits per heavy atom. The predicted octanol–water partition coefficient (Wildman–Crippen LogP) is 4.78. The van der Waals surface area contributed by atoms with Crippen LogP contribution in [0, 0.1) is 11.8 Å². The van der Waals surface area contributed by atoms with Gasteiger partial charge in [0.1, 0.15) is 18.1 Å². The smallest absolute Gasteiger partial charge is 0.255 e. The van der Waals surface area contributed by atoms with Crippen LogP contribution in [0.25, 0.3) is 0 Å². The summed E-state index contributed by atoms with van der Waals surface area (Å²) in [4.78, 5) is 41.2. The highest BCUT2D eigenvalue weighted by Crippen LogP contribution is 2.34. The van der Waals surface area contributed by atoms with Crippen LogP contribution in [0.3, 0.4) is 0 Å². The van der Waals surface area contributed by atoms with Crippen LogP contribution in [0.2, 0.25) is 0 Å². The molecule has 1 unspecified atom stereocenters. The van der Waals surface area contributed by atoms with Crippen molar-refractivity contribution in [3.8, 4) is 5.75 Å². The molecule has 1 amide bonds. The van der Waals surface area contributed by atoms with Crippen LogP contribution in [0.15, 0.2) is 42.5 Å². The maximum absolute atomic E-state index is 13.0. The predicted molar refractivity (Wildman–Crippen MR) is 138 cm³/mol. The monoisotopic (exact) mass is 488 g/mol. The molecular weight excluding hydrogens is 452 g/mol. The molecule has 1 saturated heterocycles. The summed E-state index contributed by atoms with van der Waals surface area (Å²) in [6.45, 7) is 8.76. The zero-order valence-corrected chi connectivity index (χ0v) is 21.4. The third-order valence-electron chi connectivity index (χ3n) is 8.17. The molecule has 0 spiro atoms. The first kappa shape index (κ1) is 24.7. The first-order valence-corrected chi connectivity index (χ1v) is 13.3. The van der Waals surface area contributed by atoms with Crippen LogP contribution in [0.1, 0.15) is 73.0 Å². The van der Waals surface area contributed by atoms with Crippen molar-refractivity contribution in [1.82, 2.24) is 9.80 Å². The van der Waals surface area contributed by atoms with Gasteiger partial charge >= 0.3 is 0 Å². The number of amides is 1. The summed E-state index contributed by atoms with van der Waals surface area (Å²) in [6, 6.07) is 13.6. The number of ether oxygens (including phenoxy) is 1. The van der Waals surface area contributed by atoms with E-state index in [1.54, 1.807) is 11.0 Å². The fourth-order valence-electron chi connectivity index (χ4n) is 5.84. The maximum atomic E-state index is 13.0. The molecule has 2 aromatic carbocycles. The van der Waals surface area contributed by atoms with E-state index >= 15 is 0 Å². The minimum absolute atomic E-state index is 0.0360. The van der Waals surface area contributed by atoms with E-state index in [2.05, 4.69) is 43.0 Å². The molecule has 5 rings (SSSR count). The van der Waals surface area contributed by atoms with Gasteiger partial charge in [-0.3, -0.25) is 19.3 Å². The van der Waals surface area contributed by atoms with Gasteiger partial charge in [0, 0.05) is 24.1 Å². The molecule has 2 aliphatic heterocycles. The summed E-state index contributed by atoms with van der Waals surface area (Å²) in [5.41, 5.74) is 3.82. The number of rotatable bonds is 7. The summed E-state index contributed by atoms with van der Waals surface area (Å²) in [5, 5.41) is 0. The minimum Gasteiger partial charge on any atom is -0.489 e. The van der Waals surface area contributed by atoms with Gasteiger partial charge in [-0.2, -0.15) is 0 Å². The molecule has 1 saturated carbocycles. The molecule has 190 valence electrons. The highest BCUT2D eigenvalue weighted by Gasteiger charge is 2.40. The molecule has 1 aliphatic carbocycles. The molecule has 0 radical (unpaired) electrons. The number of likely N-dealkylation sites (tertiary alicyclic amines) is 1. The summed E-state index contributed by atoms with van der Waals surface area (Å²) < 4.78 is 6.16. The Balaban J connectivity index is 1.18. The van der Waals surface area contributed by atoms with Gasteiger partial charge in [0.05, 0.1) is 19.0 Å². The molecule has 6 nitrogen and oxygen atoms in total. The molecule has 6 heteroatoms. The zero-order valence-electron chi connectivity index (χ0n) is 21.4. The van der Waals surface area contributed by atoms with E-state index in [-0.39, 0.29) is 23.9 Å². The Bertz CT molecular complexity index is 1130. The maximum Gasteiger partial charge on any atom is 0.255 e. The van der Waals surface area contributed by atoms with Gasteiger partial charge in [-0.15, -0.1) is 0 Å². The largest absolute Gasteiger partial charge is 0.489 e. The topological polar surface area (TPSA) is 66.9 Å². The van der Waals surface area contributed by atoms with E-state index in [0.29, 0.717) is 37.3 Å². The van der Waals surface area contributed by atoms with E-state index < -0.39 is 6.04 Å². The number of carbonyl (C=O) groups excluding carboxylic acids is 3. The molecule has 3 aliphatic rings. The quantitative estimate of drug-likeness (QED) is 0.525. The van der Waals surface area contributed by atoms with Crippen molar-refractivity contribution in [3.63, 3.8) is 0 Å². The van der Waals surface area contributed by atoms with Gasteiger partial charge in [-0.05, 0) is 67.4 Å². The zero-order chi connectivity index (χ0) is 25.2. The second kappa shape index (κ2) is 10.6. The number of fused-ring (bicyclic) bond motifs is 1. The highest BCUT2D eigenvalue weighted by atomic mass is 16.5. The molecule has 0 N–H and O–H groups in total. The van der Waals surface area contributed by atoms with Gasteiger partial charge in [-0.1, -0.05) is 44.2 Å². The van der Waals surface area contributed by atoms with Crippen molar-refractivity contribution in [2.75, 3.05) is 13.1 Å². The lowest BCUT2D eigenvalue weighted by Crippen LogP contribution is -2.44. The van der Waals surface area contributed by atoms with Gasteiger partial charge in [0.25, 0.3) is 5.91 Å². The number of ketones is 2. The van der Waals surface area contributed by atoms with Crippen molar-refractivity contribution in [2.45, 2.75) is 71.7 Å². The summed E-state index contributed by atoms with van der Waals surface area (Å²) in [5.74, 6) is 1.98. The fourth-order valence-corrected chi connectivity index (χ4v) is 5.84. The number of hydrogen-bond donors (Lipinski definition) is 0. The molecule has 0 aromatic heterocycles. The Hall–Kier alpha value is -2.99. The molecule has 2 fully saturated rings. The van der Waals surface area contributed by atoms with Gasteiger partial charge in [0.2, 0.25) is 0 Å². The van der Waals surface area contributed by atoms with E-state index in [1.807, 2.05) is 12.1 Å². The lowest BCUT2D eigenvalue weighted by molar-refractivity contribution is -0.133. The summed E-state index contributed by atoms with van der Waals surface area (Å²) in [7, 11) is 0. The Labute approximate surface area is 213 Å². The molecule has 36 heavy (non-hydrogen) atoms. The number of nitrogens with zero attached hydrogens (tertiary/aromatic N) is 2. The second-order valence-corrected chi connectivity index (χ2v) is 10.9. The number of hydrogen-bond acceptors (Lipinski definition) is 5. The molecule has 2 aromatic rings. The van der Waals surface area contributed by atoms with Crippen molar-refractivity contribution < 1.29 is 19.1 Å². The minimum atomic E-state index is -0.515. The van der Waals surface area contributed by atoms with E-state index in [1.165, 1.54) is 31.5 Å². The second-order valence-electron chi connectivity index (χ2n) is 10.9. The van der Waals surface area contributed by atoms with Gasteiger partial charge in [0.15, 0.2) is 5.78 Å². The molecule has 1 atom stereocenters. The van der Waals surface area contributed by atoms with Crippen LogP contribution in [0.4, 0.5) is 0 Å². The Morgan fingerprint density at radius 3 is 2.36 bits per heavy atom. The van der Waals surface area contributed by atoms with Crippen molar-refractivity contribution in [2.24, 2.45) is 11.8 Å². The molecular formula is C30H36N2O4. The fraction of sp³-hybridized carbons (Fsp3) is 0.500. The third-order valence-corrected chi connectivity index (χ3v) is 8.17. The average molecular weight is 489 g/mol. The number of carbonyl (C=O) groups is 3. The van der Waals surface area contributed by atoms with Crippen LogP contribution in [-0.2, 0) is 29.3 Å². The van der Waals surface area contributed by atoms with Crippen LogP contribution in [-0.4, -0.2) is 46.4 Å². The summed E-state index contributed by atoms with van der Waals surface area (Å²) >= 11 is 0. The molecule has 0 bridgehead atoms. The van der Waals surface area contributed by atoms with E-state index in [4.69, 9.17) is 4.74 Å². The molecule has 2 heterocycles. The van der Waals surface area contributed by atoms with Crippen molar-refractivity contribution in [1.29, 1.82) is 0 Å². The first-order chi connectivity index (χ1) is 17.4. The summed E-state index contributed by atoms with van der Waals surface area (Å²) in [6.07, 6.45) is 3.28. The Kier molecular flexibility index (Phi) is 7.24. The SMILES string of the molecule is CC(C)C1CCN(Cc2ccc(COc3cccc4c3CN(C3CCC(=O)CC3=O)C4=O)cc2)CC1. The number of benzene rings is 2. The third kappa shape index (κ3) is 5.24. The van der Waals surface area contributed by atoms with Gasteiger partial charge < -0.3 is 9.64 Å². The number of piperidine rings is 1. The lowest BCUT2D eigenvalue weighted by Gasteiger charge is -2.33. The first-order valence-electron chi connectivity index (χ1n) is 13.3. The normalized spacial score (nSPS) is 21.4. The van der Waals surface area contributed by atoms with E-state index in [9.17, 15) is 14.4 Å². The average Bonchev–Trinajstić information content (AvgIpc) is 3.21. The van der Waals surface area contributed by atoms with Crippen LogP contribution in [0.5, 0.6) is 5.75 Å². The van der Waals surface area contributed by atoms with Gasteiger partial charge in [-0.25, -0.2) is 0 Å². The number of Topliss-reactive ketones (excluding diaryl/α,β-unsaturated/α-hetero) is 2. The van der Waals surface area contributed by atoms with Crippen LogP contribution >= 0.6 is 0 Å².